The van der Waals surface area contributed by atoms with Crippen LogP contribution in [0.3, 0.4) is 0 Å². The minimum atomic E-state index is -0.817. The summed E-state index contributed by atoms with van der Waals surface area (Å²) in [5.74, 6) is -0.477. The smallest absolute Gasteiger partial charge is 0.321 e. The summed E-state index contributed by atoms with van der Waals surface area (Å²) in [5.41, 5.74) is 8.09. The van der Waals surface area contributed by atoms with Crippen molar-refractivity contribution in [2.45, 2.75) is 10.2 Å². The summed E-state index contributed by atoms with van der Waals surface area (Å²) in [4.78, 5) is 13.4. The van der Waals surface area contributed by atoms with Crippen molar-refractivity contribution in [1.82, 2.24) is 0 Å². The molecule has 0 saturated carbocycles. The van der Waals surface area contributed by atoms with E-state index in [0.29, 0.717) is 0 Å². The second-order valence-electron chi connectivity index (χ2n) is 1.76. The molecule has 0 aromatic carbocycles. The van der Waals surface area contributed by atoms with E-state index < -0.39 is 16.1 Å². The van der Waals surface area contributed by atoms with E-state index in [2.05, 4.69) is 14.8 Å². The number of ether oxygens (including phenoxy) is 2. The third-order valence-corrected chi connectivity index (χ3v) is 2.21. The zero-order valence-corrected chi connectivity index (χ0v) is 8.76. The Bertz CT molecular complexity index is 204. The van der Waals surface area contributed by atoms with Crippen LogP contribution in [-0.2, 0) is 14.3 Å². The third kappa shape index (κ3) is 3.24. The fourth-order valence-electron chi connectivity index (χ4n) is 0.505. The standard InChI is InChI=1S/C5H8IN3O3/c1-11-4(8-9-7)3(6)5(10)12-2/h3-4H,1-2H3/t3-,4-/m0/s1. The van der Waals surface area contributed by atoms with Gasteiger partial charge in [-0.05, 0) is 5.53 Å². The van der Waals surface area contributed by atoms with E-state index in [-0.39, 0.29) is 0 Å². The first kappa shape index (κ1) is 11.5. The summed E-state index contributed by atoms with van der Waals surface area (Å²) in [6, 6.07) is 0. The molecule has 0 bridgehead atoms. The van der Waals surface area contributed by atoms with Gasteiger partial charge in [0, 0.05) is 12.0 Å². The third-order valence-electron chi connectivity index (χ3n) is 1.08. The number of hydrogen-bond acceptors (Lipinski definition) is 4. The maximum Gasteiger partial charge on any atom is 0.321 e. The Morgan fingerprint density at radius 3 is 2.58 bits per heavy atom. The lowest BCUT2D eigenvalue weighted by atomic mass is 10.4. The molecule has 0 amide bonds. The van der Waals surface area contributed by atoms with E-state index in [4.69, 9.17) is 10.3 Å². The molecule has 12 heavy (non-hydrogen) atoms. The number of halogens is 1. The lowest BCUT2D eigenvalue weighted by molar-refractivity contribution is -0.141. The van der Waals surface area contributed by atoms with E-state index in [0.717, 1.165) is 0 Å². The van der Waals surface area contributed by atoms with Gasteiger partial charge in [-0.3, -0.25) is 4.79 Å². The summed E-state index contributed by atoms with van der Waals surface area (Å²) < 4.78 is 8.56. The number of rotatable bonds is 4. The van der Waals surface area contributed by atoms with Crippen LogP contribution in [0.4, 0.5) is 0 Å². The van der Waals surface area contributed by atoms with Crippen LogP contribution < -0.4 is 0 Å². The highest BCUT2D eigenvalue weighted by molar-refractivity contribution is 14.1. The van der Waals surface area contributed by atoms with Crippen molar-refractivity contribution in [3.63, 3.8) is 0 Å². The Hall–Kier alpha value is -0.530. The molecule has 0 aliphatic carbocycles. The van der Waals surface area contributed by atoms with Crippen molar-refractivity contribution in [2.24, 2.45) is 5.11 Å². The van der Waals surface area contributed by atoms with Crippen molar-refractivity contribution in [2.75, 3.05) is 14.2 Å². The van der Waals surface area contributed by atoms with Gasteiger partial charge in [0.1, 0.15) is 3.92 Å². The van der Waals surface area contributed by atoms with Crippen LogP contribution in [-0.4, -0.2) is 30.3 Å². The van der Waals surface area contributed by atoms with Crippen LogP contribution in [0, 0.1) is 0 Å². The van der Waals surface area contributed by atoms with Crippen LogP contribution >= 0.6 is 22.6 Å². The Kier molecular flexibility index (Phi) is 5.77. The SMILES string of the molecule is COC(=O)[C@@H](I)[C@@H](N=[N+]=[N-])OC. The number of esters is 1. The maximum atomic E-state index is 10.9. The van der Waals surface area contributed by atoms with Gasteiger partial charge in [0.05, 0.1) is 7.11 Å². The first-order chi connectivity index (χ1) is 5.67. The molecule has 0 aliphatic heterocycles. The summed E-state index contributed by atoms with van der Waals surface area (Å²) in [5, 5.41) is 3.26. The first-order valence-corrected chi connectivity index (χ1v) is 4.20. The Labute approximate surface area is 83.0 Å². The zero-order chi connectivity index (χ0) is 9.56. The molecule has 0 fully saturated rings. The van der Waals surface area contributed by atoms with Gasteiger partial charge in [-0.2, -0.15) is 0 Å². The summed E-state index contributed by atoms with van der Waals surface area (Å²) in [6.45, 7) is 0. The highest BCUT2D eigenvalue weighted by Crippen LogP contribution is 2.12. The van der Waals surface area contributed by atoms with Gasteiger partial charge < -0.3 is 9.47 Å². The van der Waals surface area contributed by atoms with Gasteiger partial charge in [0.2, 0.25) is 0 Å². The van der Waals surface area contributed by atoms with Crippen molar-refractivity contribution < 1.29 is 14.3 Å². The fourth-order valence-corrected chi connectivity index (χ4v) is 1.20. The molecule has 7 heteroatoms. The molecule has 0 radical (unpaired) electrons. The molecule has 0 aromatic heterocycles. The highest BCUT2D eigenvalue weighted by atomic mass is 127. The van der Waals surface area contributed by atoms with Crippen LogP contribution in [0.25, 0.3) is 10.4 Å². The highest BCUT2D eigenvalue weighted by Gasteiger charge is 2.25. The quantitative estimate of drug-likeness (QED) is 0.194. The van der Waals surface area contributed by atoms with Gasteiger partial charge in [0.15, 0.2) is 6.23 Å². The summed E-state index contributed by atoms with van der Waals surface area (Å²) >= 11 is 1.79. The van der Waals surface area contributed by atoms with Gasteiger partial charge in [-0.25, -0.2) is 0 Å². The van der Waals surface area contributed by atoms with E-state index in [1.807, 2.05) is 0 Å². The molecule has 2 atom stereocenters. The van der Waals surface area contributed by atoms with E-state index in [1.165, 1.54) is 14.2 Å². The minimum absolute atomic E-state index is 0.477. The second-order valence-corrected chi connectivity index (χ2v) is 3.10. The largest absolute Gasteiger partial charge is 0.468 e. The summed E-state index contributed by atoms with van der Waals surface area (Å²) in [6.07, 6.45) is -0.817. The molecule has 0 unspecified atom stereocenters. The molecule has 0 heterocycles. The number of nitrogens with zero attached hydrogens (tertiary/aromatic N) is 3. The molecular weight excluding hydrogens is 277 g/mol. The molecule has 0 N–H and O–H groups in total. The molecule has 0 saturated heterocycles. The predicted molar refractivity (Wildman–Crippen MR) is 49.8 cm³/mol. The minimum Gasteiger partial charge on any atom is -0.468 e. The van der Waals surface area contributed by atoms with Crippen molar-refractivity contribution in [3.8, 4) is 0 Å². The van der Waals surface area contributed by atoms with Gasteiger partial charge >= 0.3 is 5.97 Å². The Morgan fingerprint density at radius 1 is 1.67 bits per heavy atom. The van der Waals surface area contributed by atoms with Crippen molar-refractivity contribution in [3.05, 3.63) is 10.4 Å². The van der Waals surface area contributed by atoms with Gasteiger partial charge in [-0.1, -0.05) is 27.7 Å². The Balaban J connectivity index is 4.29. The van der Waals surface area contributed by atoms with Crippen LogP contribution in [0.2, 0.25) is 0 Å². The van der Waals surface area contributed by atoms with Crippen LogP contribution in [0.1, 0.15) is 0 Å². The zero-order valence-electron chi connectivity index (χ0n) is 6.60. The van der Waals surface area contributed by atoms with E-state index in [9.17, 15) is 4.79 Å². The monoisotopic (exact) mass is 285 g/mol. The number of hydrogen-bond donors (Lipinski definition) is 0. The van der Waals surface area contributed by atoms with Crippen LogP contribution in [0.5, 0.6) is 0 Å². The van der Waals surface area contributed by atoms with Gasteiger partial charge in [-0.15, -0.1) is 0 Å². The topological polar surface area (TPSA) is 84.3 Å². The molecule has 0 spiro atoms. The molecule has 68 valence electrons. The van der Waals surface area contributed by atoms with E-state index >= 15 is 0 Å². The van der Waals surface area contributed by atoms with Crippen LogP contribution in [0.15, 0.2) is 5.11 Å². The lowest BCUT2D eigenvalue weighted by Gasteiger charge is -2.13. The Morgan fingerprint density at radius 2 is 2.25 bits per heavy atom. The average Bonchev–Trinajstić information content (AvgIpc) is 2.11. The lowest BCUT2D eigenvalue weighted by Crippen LogP contribution is -2.29. The van der Waals surface area contributed by atoms with Crippen molar-refractivity contribution >= 4 is 28.6 Å². The molecule has 0 aromatic rings. The molecule has 6 nitrogen and oxygen atoms in total. The first-order valence-electron chi connectivity index (χ1n) is 2.96. The average molecular weight is 285 g/mol. The van der Waals surface area contributed by atoms with Crippen molar-refractivity contribution in [1.29, 1.82) is 0 Å². The summed E-state index contributed by atoms with van der Waals surface area (Å²) in [7, 11) is 2.62. The number of azide groups is 1. The van der Waals surface area contributed by atoms with Gasteiger partial charge in [0.25, 0.3) is 0 Å². The molecule has 0 rings (SSSR count). The number of carbonyl (C=O) groups excluding carboxylic acids is 1. The number of alkyl halides is 1. The predicted octanol–water partition coefficient (Wildman–Crippen LogP) is 1.25. The second kappa shape index (κ2) is 6.04. The number of carbonyl (C=O) groups is 1. The fraction of sp³-hybridized carbons (Fsp3) is 0.800. The number of methoxy groups -OCH3 is 2. The normalized spacial score (nSPS) is 14.2. The molecular formula is C5H8IN3O3. The molecule has 0 aliphatic rings. The van der Waals surface area contributed by atoms with E-state index in [1.54, 1.807) is 22.6 Å². The maximum absolute atomic E-state index is 10.9.